The van der Waals surface area contributed by atoms with E-state index in [2.05, 4.69) is 13.8 Å². The number of likely N-dealkylation sites (tertiary alicyclic amines) is 1. The monoisotopic (exact) mass is 242 g/mol. The van der Waals surface area contributed by atoms with Crippen LogP contribution in [0.4, 0.5) is 4.79 Å². The van der Waals surface area contributed by atoms with Gasteiger partial charge in [-0.1, -0.05) is 26.7 Å². The molecule has 1 rings (SSSR count). The van der Waals surface area contributed by atoms with Crippen LogP contribution in [0.15, 0.2) is 0 Å². The Hall–Kier alpha value is -0.770. The number of nitrogens with two attached hydrogens (primary N) is 1. The van der Waals surface area contributed by atoms with E-state index in [1.165, 1.54) is 0 Å². The Morgan fingerprint density at radius 2 is 2.18 bits per heavy atom. The maximum atomic E-state index is 11.8. The van der Waals surface area contributed by atoms with E-state index in [0.29, 0.717) is 12.5 Å². The van der Waals surface area contributed by atoms with Crippen molar-refractivity contribution in [2.24, 2.45) is 11.7 Å². The number of rotatable bonds is 5. The molecule has 4 nitrogen and oxygen atoms in total. The lowest BCUT2D eigenvalue weighted by Crippen LogP contribution is -2.49. The van der Waals surface area contributed by atoms with Crippen LogP contribution in [0.2, 0.25) is 0 Å². The normalized spacial score (nSPS) is 24.8. The zero-order valence-corrected chi connectivity index (χ0v) is 11.2. The van der Waals surface area contributed by atoms with Gasteiger partial charge < -0.3 is 15.4 Å². The van der Waals surface area contributed by atoms with Crippen LogP contribution in [0.5, 0.6) is 0 Å². The van der Waals surface area contributed by atoms with Crippen molar-refractivity contribution in [2.75, 3.05) is 19.7 Å². The van der Waals surface area contributed by atoms with Gasteiger partial charge in [0.25, 0.3) is 0 Å². The summed E-state index contributed by atoms with van der Waals surface area (Å²) in [6, 6.07) is 0.245. The van der Waals surface area contributed by atoms with Crippen LogP contribution < -0.4 is 5.73 Å². The quantitative estimate of drug-likeness (QED) is 0.753. The highest BCUT2D eigenvalue weighted by atomic mass is 16.6. The van der Waals surface area contributed by atoms with Crippen LogP contribution in [0.1, 0.15) is 46.0 Å². The highest BCUT2D eigenvalue weighted by molar-refractivity contribution is 5.67. The summed E-state index contributed by atoms with van der Waals surface area (Å²) >= 11 is 0. The van der Waals surface area contributed by atoms with Gasteiger partial charge in [-0.15, -0.1) is 0 Å². The topological polar surface area (TPSA) is 55.6 Å². The first-order valence-corrected chi connectivity index (χ1v) is 6.86. The van der Waals surface area contributed by atoms with Crippen LogP contribution in [0.25, 0.3) is 0 Å². The number of piperidine rings is 1. The van der Waals surface area contributed by atoms with E-state index < -0.39 is 0 Å². The fourth-order valence-electron chi connectivity index (χ4n) is 2.29. The van der Waals surface area contributed by atoms with E-state index in [0.717, 1.165) is 45.2 Å². The van der Waals surface area contributed by atoms with E-state index in [1.807, 2.05) is 4.90 Å². The predicted molar refractivity (Wildman–Crippen MR) is 68.8 cm³/mol. The summed E-state index contributed by atoms with van der Waals surface area (Å²) in [5, 5.41) is 0. The summed E-state index contributed by atoms with van der Waals surface area (Å²) in [6.45, 7) is 6.29. The minimum atomic E-state index is -0.161. The van der Waals surface area contributed by atoms with Crippen molar-refractivity contribution in [1.82, 2.24) is 4.90 Å². The highest BCUT2D eigenvalue weighted by Crippen LogP contribution is 2.20. The molecule has 0 spiro atoms. The first kappa shape index (κ1) is 14.3. The Balaban J connectivity index is 2.35. The van der Waals surface area contributed by atoms with Crippen LogP contribution in [-0.4, -0.2) is 36.7 Å². The number of amides is 1. The molecule has 4 heteroatoms. The Labute approximate surface area is 104 Å². The van der Waals surface area contributed by atoms with Gasteiger partial charge >= 0.3 is 6.09 Å². The summed E-state index contributed by atoms with van der Waals surface area (Å²) in [6.07, 6.45) is 4.95. The Morgan fingerprint density at radius 3 is 2.82 bits per heavy atom. The molecule has 17 heavy (non-hydrogen) atoms. The van der Waals surface area contributed by atoms with Gasteiger partial charge in [0.05, 0.1) is 6.61 Å². The van der Waals surface area contributed by atoms with Crippen LogP contribution in [0.3, 0.4) is 0 Å². The van der Waals surface area contributed by atoms with Crippen molar-refractivity contribution in [3.63, 3.8) is 0 Å². The molecular weight excluding hydrogens is 216 g/mol. The second-order valence-corrected chi connectivity index (χ2v) is 4.92. The number of ether oxygens (including phenoxy) is 1. The molecule has 1 aliphatic rings. The Morgan fingerprint density at radius 1 is 1.41 bits per heavy atom. The van der Waals surface area contributed by atoms with Gasteiger partial charge in [0.2, 0.25) is 0 Å². The summed E-state index contributed by atoms with van der Waals surface area (Å²) in [5.74, 6) is 0.437. The van der Waals surface area contributed by atoms with Crippen LogP contribution >= 0.6 is 0 Å². The zero-order valence-electron chi connectivity index (χ0n) is 11.2. The van der Waals surface area contributed by atoms with E-state index in [4.69, 9.17) is 10.5 Å². The minimum Gasteiger partial charge on any atom is -0.449 e. The van der Waals surface area contributed by atoms with E-state index in [9.17, 15) is 4.79 Å². The van der Waals surface area contributed by atoms with Crippen molar-refractivity contribution in [2.45, 2.75) is 52.0 Å². The van der Waals surface area contributed by atoms with Gasteiger partial charge in [0.15, 0.2) is 0 Å². The van der Waals surface area contributed by atoms with Gasteiger partial charge in [-0.05, 0) is 25.2 Å². The highest BCUT2D eigenvalue weighted by Gasteiger charge is 2.29. The number of unbranched alkanes of at least 4 members (excludes halogenated alkanes) is 1. The van der Waals surface area contributed by atoms with Crippen molar-refractivity contribution >= 4 is 6.09 Å². The standard InChI is InChI=1S/C13H26N2O2/c1-3-5-9-17-13(16)15-8-7-12(14)11(10-15)6-4-2/h11-12H,3-10,14H2,1-2H3. The average Bonchev–Trinajstić information content (AvgIpc) is 2.32. The summed E-state index contributed by atoms with van der Waals surface area (Å²) < 4.78 is 5.23. The molecule has 1 aliphatic heterocycles. The fraction of sp³-hybridized carbons (Fsp3) is 0.923. The zero-order chi connectivity index (χ0) is 12.7. The summed E-state index contributed by atoms with van der Waals surface area (Å²) in [5.41, 5.74) is 6.07. The molecule has 2 N–H and O–H groups in total. The molecular formula is C13H26N2O2. The van der Waals surface area contributed by atoms with Crippen molar-refractivity contribution in [3.05, 3.63) is 0 Å². The minimum absolute atomic E-state index is 0.161. The molecule has 0 bridgehead atoms. The van der Waals surface area contributed by atoms with Crippen LogP contribution in [-0.2, 0) is 4.74 Å². The number of carbonyl (C=O) groups is 1. The van der Waals surface area contributed by atoms with Gasteiger partial charge in [-0.2, -0.15) is 0 Å². The van der Waals surface area contributed by atoms with Gasteiger partial charge in [-0.3, -0.25) is 0 Å². The maximum Gasteiger partial charge on any atom is 0.409 e. The predicted octanol–water partition coefficient (Wildman–Crippen LogP) is 2.37. The largest absolute Gasteiger partial charge is 0.449 e. The molecule has 0 aromatic heterocycles. The molecule has 1 saturated heterocycles. The van der Waals surface area contributed by atoms with Crippen molar-refractivity contribution in [1.29, 1.82) is 0 Å². The Bertz CT molecular complexity index is 233. The number of carbonyl (C=O) groups excluding carboxylic acids is 1. The number of hydrogen-bond acceptors (Lipinski definition) is 3. The van der Waals surface area contributed by atoms with Crippen LogP contribution in [0, 0.1) is 5.92 Å². The lowest BCUT2D eigenvalue weighted by molar-refractivity contribution is 0.0774. The molecule has 0 aromatic rings. The molecule has 1 amide bonds. The second kappa shape index (κ2) is 7.54. The molecule has 2 atom stereocenters. The molecule has 0 saturated carbocycles. The van der Waals surface area contributed by atoms with E-state index in [1.54, 1.807) is 0 Å². The average molecular weight is 242 g/mol. The first-order valence-electron chi connectivity index (χ1n) is 6.86. The second-order valence-electron chi connectivity index (χ2n) is 4.92. The lowest BCUT2D eigenvalue weighted by Gasteiger charge is -2.36. The molecule has 0 aliphatic carbocycles. The number of hydrogen-bond donors (Lipinski definition) is 1. The Kier molecular flexibility index (Phi) is 6.34. The maximum absolute atomic E-state index is 11.8. The van der Waals surface area contributed by atoms with Gasteiger partial charge in [0.1, 0.15) is 0 Å². The van der Waals surface area contributed by atoms with E-state index >= 15 is 0 Å². The van der Waals surface area contributed by atoms with E-state index in [-0.39, 0.29) is 12.1 Å². The third-order valence-corrected chi connectivity index (χ3v) is 3.43. The first-order chi connectivity index (χ1) is 8.19. The van der Waals surface area contributed by atoms with Crippen molar-refractivity contribution < 1.29 is 9.53 Å². The summed E-state index contributed by atoms with van der Waals surface area (Å²) in [4.78, 5) is 13.6. The molecule has 0 radical (unpaired) electrons. The molecule has 0 aromatic carbocycles. The third-order valence-electron chi connectivity index (χ3n) is 3.43. The van der Waals surface area contributed by atoms with Gasteiger partial charge in [0, 0.05) is 19.1 Å². The molecule has 100 valence electrons. The SMILES string of the molecule is CCCCOC(=O)N1CCC(N)C(CCC)C1. The number of nitrogens with zero attached hydrogens (tertiary/aromatic N) is 1. The lowest BCUT2D eigenvalue weighted by atomic mass is 9.89. The summed E-state index contributed by atoms with van der Waals surface area (Å²) in [7, 11) is 0. The third kappa shape index (κ3) is 4.54. The molecule has 2 unspecified atom stereocenters. The molecule has 1 heterocycles. The van der Waals surface area contributed by atoms with Crippen molar-refractivity contribution in [3.8, 4) is 0 Å². The smallest absolute Gasteiger partial charge is 0.409 e. The molecule has 1 fully saturated rings. The van der Waals surface area contributed by atoms with Gasteiger partial charge in [-0.25, -0.2) is 4.79 Å². The fourth-order valence-corrected chi connectivity index (χ4v) is 2.29.